The predicted octanol–water partition coefficient (Wildman–Crippen LogP) is 6.13. The van der Waals surface area contributed by atoms with E-state index in [1.165, 1.54) is 19.3 Å². The molecule has 2 N–H and O–H groups in total. The quantitative estimate of drug-likeness (QED) is 0.663. The first-order chi connectivity index (χ1) is 12.2. The van der Waals surface area contributed by atoms with Gasteiger partial charge >= 0.3 is 0 Å². The number of halogens is 2. The molecular formula is C20H21Cl2N3. The van der Waals surface area contributed by atoms with Crippen molar-refractivity contribution in [2.24, 2.45) is 4.99 Å². The Balaban J connectivity index is 1.66. The minimum absolute atomic E-state index is 0.0805. The van der Waals surface area contributed by atoms with Crippen molar-refractivity contribution in [3.8, 4) is 0 Å². The van der Waals surface area contributed by atoms with Crippen LogP contribution in [0.25, 0.3) is 0 Å². The van der Waals surface area contributed by atoms with Gasteiger partial charge in [-0.15, -0.1) is 0 Å². The van der Waals surface area contributed by atoms with Crippen molar-refractivity contribution in [1.29, 1.82) is 0 Å². The number of anilines is 2. The highest BCUT2D eigenvalue weighted by Crippen LogP contribution is 2.39. The Hall–Kier alpha value is -1.71. The summed E-state index contributed by atoms with van der Waals surface area (Å²) in [7, 11) is 0. The number of fused-ring (bicyclic) bond motifs is 1. The molecule has 0 saturated heterocycles. The zero-order chi connectivity index (χ0) is 17.3. The summed E-state index contributed by atoms with van der Waals surface area (Å²) in [5, 5.41) is 8.51. The van der Waals surface area contributed by atoms with Crippen LogP contribution in [0.1, 0.15) is 37.7 Å². The summed E-state index contributed by atoms with van der Waals surface area (Å²) >= 11 is 12.1. The highest BCUT2D eigenvalue weighted by Gasteiger charge is 2.40. The number of amidine groups is 1. The number of nitrogens with one attached hydrogen (secondary N) is 2. The topological polar surface area (TPSA) is 36.4 Å². The molecule has 2 aliphatic rings. The number of benzene rings is 2. The van der Waals surface area contributed by atoms with Crippen molar-refractivity contribution in [2.75, 3.05) is 10.6 Å². The number of nitrogens with zero attached hydrogens (tertiary/aromatic N) is 1. The van der Waals surface area contributed by atoms with Gasteiger partial charge in [0.15, 0.2) is 0 Å². The van der Waals surface area contributed by atoms with Crippen LogP contribution < -0.4 is 10.6 Å². The zero-order valence-corrected chi connectivity index (χ0v) is 15.5. The lowest BCUT2D eigenvalue weighted by Crippen LogP contribution is -2.53. The van der Waals surface area contributed by atoms with E-state index in [0.29, 0.717) is 16.6 Å². The molecule has 2 aromatic carbocycles. The van der Waals surface area contributed by atoms with Crippen LogP contribution in [-0.4, -0.2) is 11.4 Å². The molecule has 1 aliphatic carbocycles. The SMILES string of the molecule is Clc1ccc(CN=C2Nc3ccccc3NC23CCCCC3)cc1Cl. The Morgan fingerprint density at radius 2 is 1.68 bits per heavy atom. The number of hydrogen-bond acceptors (Lipinski definition) is 2. The summed E-state index contributed by atoms with van der Waals surface area (Å²) < 4.78 is 0. The lowest BCUT2D eigenvalue weighted by Gasteiger charge is -2.44. The van der Waals surface area contributed by atoms with Crippen LogP contribution in [0.3, 0.4) is 0 Å². The first-order valence-electron chi connectivity index (χ1n) is 8.79. The average Bonchev–Trinajstić information content (AvgIpc) is 2.63. The number of rotatable bonds is 2. The van der Waals surface area contributed by atoms with Gasteiger partial charge < -0.3 is 10.6 Å². The lowest BCUT2D eigenvalue weighted by atomic mass is 9.79. The van der Waals surface area contributed by atoms with E-state index in [1.54, 1.807) is 0 Å². The maximum atomic E-state index is 6.14. The van der Waals surface area contributed by atoms with Crippen LogP contribution >= 0.6 is 23.2 Å². The molecule has 4 rings (SSSR count). The van der Waals surface area contributed by atoms with Crippen molar-refractivity contribution < 1.29 is 0 Å². The predicted molar refractivity (Wildman–Crippen MR) is 107 cm³/mol. The van der Waals surface area contributed by atoms with Gasteiger partial charge in [-0.25, -0.2) is 0 Å². The molecule has 1 spiro atoms. The molecule has 0 atom stereocenters. The van der Waals surface area contributed by atoms with Gasteiger partial charge in [0.1, 0.15) is 5.84 Å². The molecular weight excluding hydrogens is 353 g/mol. The fourth-order valence-electron chi connectivity index (χ4n) is 3.78. The molecule has 0 bridgehead atoms. The van der Waals surface area contributed by atoms with Crippen LogP contribution in [0, 0.1) is 0 Å². The van der Waals surface area contributed by atoms with Crippen LogP contribution in [0.5, 0.6) is 0 Å². The molecule has 2 aromatic rings. The molecule has 0 amide bonds. The third-order valence-electron chi connectivity index (χ3n) is 5.12. The van der Waals surface area contributed by atoms with E-state index < -0.39 is 0 Å². The maximum Gasteiger partial charge on any atom is 0.127 e. The molecule has 5 heteroatoms. The summed E-state index contributed by atoms with van der Waals surface area (Å²) in [6.07, 6.45) is 5.96. The number of hydrogen-bond donors (Lipinski definition) is 2. The van der Waals surface area contributed by atoms with Crippen molar-refractivity contribution in [3.63, 3.8) is 0 Å². The lowest BCUT2D eigenvalue weighted by molar-refractivity contribution is 0.403. The van der Waals surface area contributed by atoms with Gasteiger partial charge in [-0.1, -0.05) is 60.7 Å². The van der Waals surface area contributed by atoms with Crippen molar-refractivity contribution >= 4 is 40.4 Å². The van der Waals surface area contributed by atoms with Gasteiger partial charge in [0, 0.05) is 0 Å². The fraction of sp³-hybridized carbons (Fsp3) is 0.350. The minimum Gasteiger partial charge on any atom is -0.371 e. The average molecular weight is 374 g/mol. The van der Waals surface area contributed by atoms with Gasteiger partial charge in [-0.2, -0.15) is 0 Å². The molecule has 0 radical (unpaired) electrons. The second-order valence-corrected chi connectivity index (χ2v) is 7.67. The van der Waals surface area contributed by atoms with Crippen molar-refractivity contribution in [2.45, 2.75) is 44.2 Å². The Morgan fingerprint density at radius 1 is 0.920 bits per heavy atom. The smallest absolute Gasteiger partial charge is 0.127 e. The minimum atomic E-state index is -0.0805. The summed E-state index contributed by atoms with van der Waals surface area (Å²) in [6, 6.07) is 14.0. The third kappa shape index (κ3) is 3.36. The third-order valence-corrected chi connectivity index (χ3v) is 5.86. The van der Waals surface area contributed by atoms with Crippen molar-refractivity contribution in [1.82, 2.24) is 0 Å². The van der Waals surface area contributed by atoms with Gasteiger partial charge in [0.05, 0.1) is 33.5 Å². The summed E-state index contributed by atoms with van der Waals surface area (Å²) in [5.41, 5.74) is 3.24. The van der Waals surface area contributed by atoms with Crippen LogP contribution in [0.4, 0.5) is 11.4 Å². The molecule has 1 aliphatic heterocycles. The second kappa shape index (κ2) is 6.89. The van der Waals surface area contributed by atoms with Crippen molar-refractivity contribution in [3.05, 3.63) is 58.1 Å². The molecule has 1 heterocycles. The first-order valence-corrected chi connectivity index (χ1v) is 9.55. The summed E-state index contributed by atoms with van der Waals surface area (Å²) in [5.74, 6) is 1.04. The van der Waals surface area contributed by atoms with E-state index >= 15 is 0 Å². The Morgan fingerprint density at radius 3 is 2.44 bits per heavy atom. The second-order valence-electron chi connectivity index (χ2n) is 6.85. The first kappa shape index (κ1) is 16.7. The Bertz CT molecular complexity index is 810. The van der Waals surface area contributed by atoms with E-state index in [9.17, 15) is 0 Å². The van der Waals surface area contributed by atoms with Gasteiger partial charge in [0.2, 0.25) is 0 Å². The zero-order valence-electron chi connectivity index (χ0n) is 14.0. The number of aliphatic imine (C=N–C) groups is 1. The highest BCUT2D eigenvalue weighted by molar-refractivity contribution is 6.42. The largest absolute Gasteiger partial charge is 0.371 e. The van der Waals surface area contributed by atoms with Gasteiger partial charge in [0.25, 0.3) is 0 Å². The molecule has 130 valence electrons. The van der Waals surface area contributed by atoms with E-state index in [0.717, 1.165) is 35.6 Å². The standard InChI is InChI=1S/C20H21Cl2N3/c21-15-9-8-14(12-16(15)22)13-23-19-20(10-4-1-5-11-20)25-18-7-3-2-6-17(18)24-19/h2-3,6-9,12,25H,1,4-5,10-11,13H2,(H,23,24). The molecule has 1 fully saturated rings. The summed E-state index contributed by atoms with van der Waals surface area (Å²) in [4.78, 5) is 4.94. The molecule has 3 nitrogen and oxygen atoms in total. The van der Waals surface area contributed by atoms with Crippen LogP contribution in [-0.2, 0) is 6.54 Å². The molecule has 1 saturated carbocycles. The monoisotopic (exact) mass is 373 g/mol. The van der Waals surface area contributed by atoms with Gasteiger partial charge in [-0.3, -0.25) is 4.99 Å². The Kier molecular flexibility index (Phi) is 4.61. The molecule has 0 unspecified atom stereocenters. The summed E-state index contributed by atoms with van der Waals surface area (Å²) in [6.45, 7) is 0.588. The van der Waals surface area contributed by atoms with Crippen LogP contribution in [0.2, 0.25) is 10.0 Å². The molecule has 25 heavy (non-hydrogen) atoms. The van der Waals surface area contributed by atoms with Crippen LogP contribution in [0.15, 0.2) is 47.5 Å². The fourth-order valence-corrected chi connectivity index (χ4v) is 4.10. The normalized spacial score (nSPS) is 20.0. The van der Waals surface area contributed by atoms with E-state index in [-0.39, 0.29) is 5.54 Å². The number of para-hydroxylation sites is 2. The van der Waals surface area contributed by atoms with E-state index in [4.69, 9.17) is 28.2 Å². The Labute approximate surface area is 158 Å². The van der Waals surface area contributed by atoms with E-state index in [1.807, 2.05) is 24.3 Å². The molecule has 0 aromatic heterocycles. The van der Waals surface area contributed by atoms with E-state index in [2.05, 4.69) is 28.8 Å². The maximum absolute atomic E-state index is 6.14. The highest BCUT2D eigenvalue weighted by atomic mass is 35.5. The van der Waals surface area contributed by atoms with Gasteiger partial charge in [-0.05, 0) is 42.7 Å².